The van der Waals surface area contributed by atoms with E-state index in [1.807, 2.05) is 0 Å². The summed E-state index contributed by atoms with van der Waals surface area (Å²) in [5.74, 6) is -0.654. The van der Waals surface area contributed by atoms with Crippen LogP contribution in [0.15, 0.2) is 24.5 Å². The Labute approximate surface area is 116 Å². The molecule has 0 saturated carbocycles. The molecule has 8 heteroatoms. The molecule has 0 bridgehead atoms. The number of imidazole rings is 1. The highest BCUT2D eigenvalue weighted by molar-refractivity contribution is 6.30. The second-order valence-corrected chi connectivity index (χ2v) is 4.30. The molecular weight excluding hydrogens is 294 g/mol. The van der Waals surface area contributed by atoms with Gasteiger partial charge in [-0.3, -0.25) is 0 Å². The Balaban J connectivity index is 2.10. The minimum Gasteiger partial charge on any atom is -0.434 e. The van der Waals surface area contributed by atoms with Gasteiger partial charge < -0.3 is 9.72 Å². The lowest BCUT2D eigenvalue weighted by atomic mass is 10.3. The normalized spacial score (nSPS) is 10.9. The first-order chi connectivity index (χ1) is 9.15. The Hall–Kier alpha value is -1.92. The number of aromatic nitrogens is 4. The number of benzene rings is 1. The number of rotatable bonds is 2. The van der Waals surface area contributed by atoms with Crippen molar-refractivity contribution in [2.75, 3.05) is 0 Å². The summed E-state index contributed by atoms with van der Waals surface area (Å²) in [6.45, 7) is 0. The maximum atomic E-state index is 13.8. The fourth-order valence-corrected chi connectivity index (χ4v) is 1.84. The smallest absolute Gasteiger partial charge is 0.250 e. The molecule has 0 atom stereocenters. The number of nitrogens with one attached hydrogen (secondary N) is 1. The molecule has 0 aliphatic rings. The summed E-state index contributed by atoms with van der Waals surface area (Å²) in [6.07, 6.45) is 1.41. The first kappa shape index (κ1) is 12.1. The van der Waals surface area contributed by atoms with Crippen molar-refractivity contribution in [3.8, 4) is 11.6 Å². The SMILES string of the molecule is Fc1c(Cl)cccc1Oc1nc(Cl)nc2nc[nH]c12. The third kappa shape index (κ3) is 2.20. The van der Waals surface area contributed by atoms with E-state index in [4.69, 9.17) is 27.9 Å². The molecule has 2 aromatic heterocycles. The van der Waals surface area contributed by atoms with Crippen LogP contribution >= 0.6 is 23.2 Å². The summed E-state index contributed by atoms with van der Waals surface area (Å²) < 4.78 is 19.1. The van der Waals surface area contributed by atoms with Gasteiger partial charge in [0.15, 0.2) is 17.2 Å². The highest BCUT2D eigenvalue weighted by Crippen LogP contribution is 2.30. The van der Waals surface area contributed by atoms with Gasteiger partial charge in [-0.05, 0) is 23.7 Å². The topological polar surface area (TPSA) is 63.7 Å². The van der Waals surface area contributed by atoms with E-state index >= 15 is 0 Å². The third-order valence-electron chi connectivity index (χ3n) is 2.35. The van der Waals surface area contributed by atoms with Crippen LogP contribution in [0, 0.1) is 5.82 Å². The van der Waals surface area contributed by atoms with E-state index in [1.54, 1.807) is 6.07 Å². The van der Waals surface area contributed by atoms with Crippen molar-refractivity contribution in [1.29, 1.82) is 0 Å². The summed E-state index contributed by atoms with van der Waals surface area (Å²) in [7, 11) is 0. The van der Waals surface area contributed by atoms with Crippen molar-refractivity contribution in [2.45, 2.75) is 0 Å². The number of fused-ring (bicyclic) bond motifs is 1. The Morgan fingerprint density at radius 3 is 2.89 bits per heavy atom. The van der Waals surface area contributed by atoms with E-state index < -0.39 is 5.82 Å². The number of halogens is 3. The summed E-state index contributed by atoms with van der Waals surface area (Å²) in [5.41, 5.74) is 0.751. The number of ether oxygens (including phenoxy) is 1. The molecule has 5 nitrogen and oxygen atoms in total. The van der Waals surface area contributed by atoms with Gasteiger partial charge in [0.25, 0.3) is 0 Å². The quantitative estimate of drug-likeness (QED) is 0.734. The lowest BCUT2D eigenvalue weighted by molar-refractivity contribution is 0.431. The third-order valence-corrected chi connectivity index (χ3v) is 2.81. The summed E-state index contributed by atoms with van der Waals surface area (Å²) in [6, 6.07) is 4.41. The molecule has 3 aromatic rings. The predicted molar refractivity (Wildman–Crippen MR) is 68.2 cm³/mol. The monoisotopic (exact) mass is 298 g/mol. The Kier molecular flexibility index (Phi) is 2.96. The van der Waals surface area contributed by atoms with Crippen LogP contribution in [-0.2, 0) is 0 Å². The Morgan fingerprint density at radius 1 is 1.21 bits per heavy atom. The molecule has 3 rings (SSSR count). The lowest BCUT2D eigenvalue weighted by Gasteiger charge is -2.07. The van der Waals surface area contributed by atoms with E-state index in [0.29, 0.717) is 11.2 Å². The van der Waals surface area contributed by atoms with Gasteiger partial charge >= 0.3 is 0 Å². The summed E-state index contributed by atoms with van der Waals surface area (Å²) >= 11 is 11.4. The van der Waals surface area contributed by atoms with Crippen molar-refractivity contribution in [3.63, 3.8) is 0 Å². The van der Waals surface area contributed by atoms with Gasteiger partial charge in [-0.2, -0.15) is 9.97 Å². The molecule has 2 heterocycles. The maximum Gasteiger partial charge on any atom is 0.250 e. The average molecular weight is 299 g/mol. The summed E-state index contributed by atoms with van der Waals surface area (Å²) in [5, 5.41) is -0.0875. The van der Waals surface area contributed by atoms with E-state index in [2.05, 4.69) is 19.9 Å². The molecule has 0 aliphatic heterocycles. The largest absolute Gasteiger partial charge is 0.434 e. The van der Waals surface area contributed by atoms with Crippen molar-refractivity contribution in [1.82, 2.24) is 19.9 Å². The zero-order valence-electron chi connectivity index (χ0n) is 9.19. The van der Waals surface area contributed by atoms with Crippen LogP contribution < -0.4 is 4.74 Å². The van der Waals surface area contributed by atoms with Crippen LogP contribution in [0.3, 0.4) is 0 Å². The van der Waals surface area contributed by atoms with Crippen LogP contribution in [0.1, 0.15) is 0 Å². The number of aromatic amines is 1. The van der Waals surface area contributed by atoms with Crippen LogP contribution in [-0.4, -0.2) is 19.9 Å². The fraction of sp³-hybridized carbons (Fsp3) is 0. The average Bonchev–Trinajstić information content (AvgIpc) is 2.83. The first-order valence-corrected chi connectivity index (χ1v) is 5.89. The molecule has 0 fully saturated rings. The fourth-order valence-electron chi connectivity index (χ4n) is 1.52. The zero-order chi connectivity index (χ0) is 13.4. The van der Waals surface area contributed by atoms with Crippen molar-refractivity contribution in [2.24, 2.45) is 0 Å². The van der Waals surface area contributed by atoms with E-state index in [0.717, 1.165) is 0 Å². The molecule has 0 radical (unpaired) electrons. The van der Waals surface area contributed by atoms with E-state index in [1.165, 1.54) is 18.5 Å². The second-order valence-electron chi connectivity index (χ2n) is 3.55. The zero-order valence-corrected chi connectivity index (χ0v) is 10.7. The Bertz CT molecular complexity index is 762. The van der Waals surface area contributed by atoms with Gasteiger partial charge in [0.05, 0.1) is 11.3 Å². The molecule has 0 unspecified atom stereocenters. The second kappa shape index (κ2) is 4.64. The van der Waals surface area contributed by atoms with Crippen LogP contribution in [0.25, 0.3) is 11.2 Å². The lowest BCUT2D eigenvalue weighted by Crippen LogP contribution is -1.95. The van der Waals surface area contributed by atoms with Gasteiger partial charge in [0, 0.05) is 0 Å². The highest BCUT2D eigenvalue weighted by Gasteiger charge is 2.14. The first-order valence-electron chi connectivity index (χ1n) is 5.13. The maximum absolute atomic E-state index is 13.8. The van der Waals surface area contributed by atoms with E-state index in [9.17, 15) is 4.39 Å². The van der Waals surface area contributed by atoms with Crippen LogP contribution in [0.2, 0.25) is 10.3 Å². The molecule has 96 valence electrons. The van der Waals surface area contributed by atoms with Gasteiger partial charge in [-0.25, -0.2) is 9.37 Å². The predicted octanol–water partition coefficient (Wildman–Crippen LogP) is 3.59. The minimum absolute atomic E-state index is 0.0430. The van der Waals surface area contributed by atoms with Crippen molar-refractivity contribution < 1.29 is 9.13 Å². The van der Waals surface area contributed by atoms with Crippen LogP contribution in [0.5, 0.6) is 11.6 Å². The number of hydrogen-bond donors (Lipinski definition) is 1. The van der Waals surface area contributed by atoms with Gasteiger partial charge in [0.1, 0.15) is 5.52 Å². The molecule has 0 aliphatic carbocycles. The molecule has 0 saturated heterocycles. The number of hydrogen-bond acceptors (Lipinski definition) is 4. The molecule has 1 aromatic carbocycles. The standard InChI is InChI=1S/C11H5Cl2FN4O/c12-5-2-1-3-6(7(5)14)19-10-8-9(16-4-15-8)17-11(13)18-10/h1-4H,(H,15,16,17,18). The van der Waals surface area contributed by atoms with Gasteiger partial charge in [-0.1, -0.05) is 17.7 Å². The minimum atomic E-state index is -0.674. The summed E-state index contributed by atoms with van der Waals surface area (Å²) in [4.78, 5) is 14.5. The molecule has 0 amide bonds. The van der Waals surface area contributed by atoms with Crippen LogP contribution in [0.4, 0.5) is 4.39 Å². The molecule has 0 spiro atoms. The van der Waals surface area contributed by atoms with Crippen molar-refractivity contribution in [3.05, 3.63) is 40.6 Å². The van der Waals surface area contributed by atoms with E-state index in [-0.39, 0.29) is 21.9 Å². The highest BCUT2D eigenvalue weighted by atomic mass is 35.5. The molecule has 19 heavy (non-hydrogen) atoms. The molecule has 1 N–H and O–H groups in total. The van der Waals surface area contributed by atoms with Crippen molar-refractivity contribution >= 4 is 34.4 Å². The molecular formula is C11H5Cl2FN4O. The number of H-pyrrole nitrogens is 1. The number of nitrogens with zero attached hydrogens (tertiary/aromatic N) is 3. The van der Waals surface area contributed by atoms with Gasteiger partial charge in [0.2, 0.25) is 11.2 Å². The van der Waals surface area contributed by atoms with Gasteiger partial charge in [-0.15, -0.1) is 0 Å². The Morgan fingerprint density at radius 2 is 2.05 bits per heavy atom.